The predicted molar refractivity (Wildman–Crippen MR) is 70.1 cm³/mol. The van der Waals surface area contributed by atoms with Gasteiger partial charge in [0.15, 0.2) is 0 Å². The lowest BCUT2D eigenvalue weighted by molar-refractivity contribution is -0.136. The number of hydrogen-bond acceptors (Lipinski definition) is 3. The van der Waals surface area contributed by atoms with Gasteiger partial charge in [0.05, 0.1) is 29.3 Å². The molecule has 0 aliphatic heterocycles. The summed E-state index contributed by atoms with van der Waals surface area (Å²) in [5.74, 6) is -0.545. The van der Waals surface area contributed by atoms with Crippen LogP contribution in [-0.4, -0.2) is 23.4 Å². The normalized spacial score (nSPS) is 14.6. The minimum Gasteiger partial charge on any atom is -0.398 e. The molecule has 2 rings (SSSR count). The van der Waals surface area contributed by atoms with E-state index in [2.05, 4.69) is 0 Å². The van der Waals surface area contributed by atoms with Gasteiger partial charge in [-0.3, -0.25) is 4.79 Å². The van der Waals surface area contributed by atoms with Gasteiger partial charge in [-0.1, -0.05) is 6.07 Å². The summed E-state index contributed by atoms with van der Waals surface area (Å²) >= 11 is 0. The van der Waals surface area contributed by atoms with Crippen LogP contribution in [0.25, 0.3) is 0 Å². The summed E-state index contributed by atoms with van der Waals surface area (Å²) in [6.07, 6.45) is -2.86. The van der Waals surface area contributed by atoms with Crippen LogP contribution < -0.4 is 5.73 Å². The zero-order valence-electron chi connectivity index (χ0n) is 11.2. The second-order valence-electron chi connectivity index (χ2n) is 4.90. The van der Waals surface area contributed by atoms with Crippen molar-refractivity contribution >= 4 is 11.6 Å². The SMILES string of the molecule is N#CCCN(C(=O)c1cccc(C(F)(F)F)c1N)C1CC1. The molecule has 112 valence electrons. The molecule has 1 saturated carbocycles. The molecule has 0 atom stereocenters. The molecule has 0 bridgehead atoms. The molecule has 21 heavy (non-hydrogen) atoms. The average molecular weight is 297 g/mol. The van der Waals surface area contributed by atoms with Gasteiger partial charge in [-0.2, -0.15) is 18.4 Å². The van der Waals surface area contributed by atoms with Crippen molar-refractivity contribution in [2.75, 3.05) is 12.3 Å². The molecule has 1 fully saturated rings. The van der Waals surface area contributed by atoms with E-state index in [1.807, 2.05) is 6.07 Å². The van der Waals surface area contributed by atoms with Crippen LogP contribution in [-0.2, 0) is 6.18 Å². The Bertz CT molecular complexity index is 588. The van der Waals surface area contributed by atoms with Crippen molar-refractivity contribution in [3.8, 4) is 6.07 Å². The van der Waals surface area contributed by atoms with Gasteiger partial charge in [-0.05, 0) is 25.0 Å². The Morgan fingerprint density at radius 3 is 2.62 bits per heavy atom. The molecular formula is C14H14F3N3O. The summed E-state index contributed by atoms with van der Waals surface area (Å²) in [5, 5.41) is 8.61. The van der Waals surface area contributed by atoms with Crippen LogP contribution in [0.5, 0.6) is 0 Å². The van der Waals surface area contributed by atoms with Crippen LogP contribution in [0, 0.1) is 11.3 Å². The Balaban J connectivity index is 2.32. The number of nitrogens with two attached hydrogens (primary N) is 1. The van der Waals surface area contributed by atoms with Crippen molar-refractivity contribution in [1.82, 2.24) is 4.90 Å². The van der Waals surface area contributed by atoms with E-state index in [1.54, 1.807) is 0 Å². The predicted octanol–water partition coefficient (Wildman–Crippen LogP) is 2.81. The summed E-state index contributed by atoms with van der Waals surface area (Å²) in [5.41, 5.74) is 3.80. The fourth-order valence-electron chi connectivity index (χ4n) is 2.16. The van der Waals surface area contributed by atoms with Gasteiger partial charge in [0.2, 0.25) is 0 Å². The van der Waals surface area contributed by atoms with Crippen molar-refractivity contribution < 1.29 is 18.0 Å². The minimum absolute atomic E-state index is 0.000192. The maximum Gasteiger partial charge on any atom is 0.418 e. The zero-order valence-corrected chi connectivity index (χ0v) is 11.2. The Hall–Kier alpha value is -2.23. The number of hydrogen-bond donors (Lipinski definition) is 1. The molecule has 0 heterocycles. The Morgan fingerprint density at radius 2 is 2.10 bits per heavy atom. The van der Waals surface area contributed by atoms with Crippen molar-refractivity contribution in [1.29, 1.82) is 5.26 Å². The molecular weight excluding hydrogens is 283 g/mol. The molecule has 1 aliphatic rings. The van der Waals surface area contributed by atoms with E-state index in [-0.39, 0.29) is 24.6 Å². The Labute approximate surface area is 119 Å². The molecule has 0 unspecified atom stereocenters. The van der Waals surface area contributed by atoms with Crippen LogP contribution in [0.4, 0.5) is 18.9 Å². The Kier molecular flexibility index (Phi) is 4.07. The average Bonchev–Trinajstić information content (AvgIpc) is 3.22. The first-order valence-corrected chi connectivity index (χ1v) is 6.50. The number of nitriles is 1. The number of para-hydroxylation sites is 1. The zero-order chi connectivity index (χ0) is 15.6. The van der Waals surface area contributed by atoms with E-state index in [1.165, 1.54) is 17.0 Å². The number of halogens is 3. The van der Waals surface area contributed by atoms with Gasteiger partial charge in [-0.25, -0.2) is 0 Å². The van der Waals surface area contributed by atoms with Gasteiger partial charge in [0.25, 0.3) is 5.91 Å². The molecule has 1 aliphatic carbocycles. The number of anilines is 1. The summed E-state index contributed by atoms with van der Waals surface area (Å²) in [7, 11) is 0. The second kappa shape index (κ2) is 5.64. The van der Waals surface area contributed by atoms with Crippen LogP contribution in [0.15, 0.2) is 18.2 Å². The lowest BCUT2D eigenvalue weighted by Crippen LogP contribution is -2.34. The van der Waals surface area contributed by atoms with Crippen LogP contribution in [0.2, 0.25) is 0 Å². The molecule has 0 spiro atoms. The number of benzene rings is 1. The molecule has 0 radical (unpaired) electrons. The number of nitrogens with zero attached hydrogens (tertiary/aromatic N) is 2. The van der Waals surface area contributed by atoms with Gasteiger partial charge in [0, 0.05) is 12.6 Å². The number of nitrogen functional groups attached to an aromatic ring is 1. The van der Waals surface area contributed by atoms with Crippen LogP contribution >= 0.6 is 0 Å². The highest BCUT2D eigenvalue weighted by molar-refractivity contribution is 6.00. The van der Waals surface area contributed by atoms with Gasteiger partial charge >= 0.3 is 6.18 Å². The molecule has 1 aromatic rings. The lowest BCUT2D eigenvalue weighted by atomic mass is 10.1. The van der Waals surface area contributed by atoms with Crippen LogP contribution in [0.1, 0.15) is 35.2 Å². The summed E-state index contributed by atoms with van der Waals surface area (Å²) in [6, 6.07) is 5.24. The number of rotatable bonds is 4. The van der Waals surface area contributed by atoms with E-state index in [4.69, 9.17) is 11.0 Å². The molecule has 0 aromatic heterocycles. The van der Waals surface area contributed by atoms with E-state index in [0.717, 1.165) is 18.9 Å². The van der Waals surface area contributed by atoms with E-state index in [9.17, 15) is 18.0 Å². The molecule has 4 nitrogen and oxygen atoms in total. The molecule has 1 aromatic carbocycles. The highest BCUT2D eigenvalue weighted by Crippen LogP contribution is 2.36. The minimum atomic E-state index is -4.60. The first-order chi connectivity index (χ1) is 9.86. The first kappa shape index (κ1) is 15.2. The highest BCUT2D eigenvalue weighted by Gasteiger charge is 2.37. The lowest BCUT2D eigenvalue weighted by Gasteiger charge is -2.23. The van der Waals surface area contributed by atoms with Gasteiger partial charge < -0.3 is 10.6 Å². The van der Waals surface area contributed by atoms with Crippen molar-refractivity contribution in [3.63, 3.8) is 0 Å². The summed E-state index contributed by atoms with van der Waals surface area (Å²) in [6.45, 7) is 0.204. The summed E-state index contributed by atoms with van der Waals surface area (Å²) < 4.78 is 38.5. The largest absolute Gasteiger partial charge is 0.418 e. The second-order valence-corrected chi connectivity index (χ2v) is 4.90. The van der Waals surface area contributed by atoms with Crippen LogP contribution in [0.3, 0.4) is 0 Å². The van der Waals surface area contributed by atoms with Crippen molar-refractivity contribution in [2.24, 2.45) is 0 Å². The molecule has 7 heteroatoms. The molecule has 1 amide bonds. The molecule has 2 N–H and O–H groups in total. The quantitative estimate of drug-likeness (QED) is 0.869. The van der Waals surface area contributed by atoms with E-state index >= 15 is 0 Å². The standard InChI is InChI=1S/C14H14F3N3O/c15-14(16,17)11-4-1-3-10(12(11)19)13(21)20(8-2-7-18)9-5-6-9/h1,3-4,9H,2,5-6,8,19H2. The fourth-order valence-corrected chi connectivity index (χ4v) is 2.16. The Morgan fingerprint density at radius 1 is 1.43 bits per heavy atom. The third kappa shape index (κ3) is 3.27. The van der Waals surface area contributed by atoms with Gasteiger partial charge in [0.1, 0.15) is 0 Å². The number of carbonyl (C=O) groups excluding carboxylic acids is 1. The third-order valence-corrected chi connectivity index (χ3v) is 3.35. The third-order valence-electron chi connectivity index (χ3n) is 3.35. The topological polar surface area (TPSA) is 70.1 Å². The number of amides is 1. The maximum absolute atomic E-state index is 12.8. The summed E-state index contributed by atoms with van der Waals surface area (Å²) in [4.78, 5) is 13.8. The van der Waals surface area contributed by atoms with Crippen molar-refractivity contribution in [3.05, 3.63) is 29.3 Å². The smallest absolute Gasteiger partial charge is 0.398 e. The monoisotopic (exact) mass is 297 g/mol. The van der Waals surface area contributed by atoms with Crippen molar-refractivity contribution in [2.45, 2.75) is 31.5 Å². The number of carbonyl (C=O) groups is 1. The molecule has 0 saturated heterocycles. The fraction of sp³-hybridized carbons (Fsp3) is 0.429. The van der Waals surface area contributed by atoms with E-state index < -0.39 is 23.3 Å². The number of alkyl halides is 3. The van der Waals surface area contributed by atoms with E-state index in [0.29, 0.717) is 0 Å². The highest BCUT2D eigenvalue weighted by atomic mass is 19.4. The van der Waals surface area contributed by atoms with Gasteiger partial charge in [-0.15, -0.1) is 0 Å². The maximum atomic E-state index is 12.8. The first-order valence-electron chi connectivity index (χ1n) is 6.50.